The lowest BCUT2D eigenvalue weighted by Gasteiger charge is -2.08. The van der Waals surface area contributed by atoms with E-state index in [2.05, 4.69) is 28.3 Å². The summed E-state index contributed by atoms with van der Waals surface area (Å²) in [5, 5.41) is 12.7. The third-order valence-corrected chi connectivity index (χ3v) is 4.37. The van der Waals surface area contributed by atoms with Gasteiger partial charge in [-0.25, -0.2) is 9.97 Å². The summed E-state index contributed by atoms with van der Waals surface area (Å²) in [6.45, 7) is 4.00. The number of nitrogens with one attached hydrogen (secondary N) is 1. The maximum absolute atomic E-state index is 12.0. The van der Waals surface area contributed by atoms with Gasteiger partial charge in [-0.3, -0.25) is 4.79 Å². The molecule has 1 N–H and O–H groups in total. The minimum Gasteiger partial charge on any atom is -0.310 e. The average molecular weight is 340 g/mol. The highest BCUT2D eigenvalue weighted by atomic mass is 32.2. The lowest BCUT2D eigenvalue weighted by Crippen LogP contribution is -2.14. The molecule has 0 aliphatic heterocycles. The summed E-state index contributed by atoms with van der Waals surface area (Å²) in [4.78, 5) is 20.7. The van der Waals surface area contributed by atoms with E-state index in [1.54, 1.807) is 12.3 Å². The van der Waals surface area contributed by atoms with Crippen molar-refractivity contribution >= 4 is 23.5 Å². The van der Waals surface area contributed by atoms with Crippen molar-refractivity contribution in [1.82, 2.24) is 9.97 Å². The zero-order chi connectivity index (χ0) is 17.4. The first-order chi connectivity index (χ1) is 11.6. The van der Waals surface area contributed by atoms with Crippen molar-refractivity contribution in [1.29, 1.82) is 5.26 Å². The Balaban J connectivity index is 1.91. The molecule has 1 amide bonds. The quantitative estimate of drug-likeness (QED) is 0.777. The van der Waals surface area contributed by atoms with Gasteiger partial charge >= 0.3 is 0 Å². The molecule has 5 nitrogen and oxygen atoms in total. The predicted molar refractivity (Wildman–Crippen MR) is 95.9 cm³/mol. The van der Waals surface area contributed by atoms with Crippen molar-refractivity contribution in [2.45, 2.75) is 38.1 Å². The predicted octanol–water partition coefficient (Wildman–Crippen LogP) is 3.73. The molecule has 0 aliphatic rings. The van der Waals surface area contributed by atoms with Gasteiger partial charge in [-0.2, -0.15) is 5.26 Å². The van der Waals surface area contributed by atoms with E-state index in [1.807, 2.05) is 25.1 Å². The number of aryl methyl sites for hydroxylation is 2. The second kappa shape index (κ2) is 9.04. The van der Waals surface area contributed by atoms with Crippen LogP contribution in [-0.2, 0) is 11.2 Å². The fraction of sp³-hybridized carbons (Fsp3) is 0.333. The summed E-state index contributed by atoms with van der Waals surface area (Å²) >= 11 is 1.44. The summed E-state index contributed by atoms with van der Waals surface area (Å²) in [7, 11) is 0. The number of hydrogen-bond donors (Lipinski definition) is 1. The highest BCUT2D eigenvalue weighted by Gasteiger charge is 2.09. The molecular formula is C18H20N4OS. The largest absolute Gasteiger partial charge is 0.310 e. The molecule has 0 aromatic carbocycles. The molecule has 0 radical (unpaired) electrons. The van der Waals surface area contributed by atoms with E-state index < -0.39 is 0 Å². The maximum Gasteiger partial charge on any atom is 0.226 e. The van der Waals surface area contributed by atoms with E-state index in [0.29, 0.717) is 28.6 Å². The average Bonchev–Trinajstić information content (AvgIpc) is 2.57. The van der Waals surface area contributed by atoms with E-state index in [-0.39, 0.29) is 5.91 Å². The van der Waals surface area contributed by atoms with Crippen molar-refractivity contribution < 1.29 is 4.79 Å². The minimum atomic E-state index is -0.0903. The van der Waals surface area contributed by atoms with E-state index in [1.165, 1.54) is 11.8 Å². The van der Waals surface area contributed by atoms with Crippen LogP contribution in [0.1, 0.15) is 36.6 Å². The van der Waals surface area contributed by atoms with Crippen LogP contribution in [-0.4, -0.2) is 21.6 Å². The van der Waals surface area contributed by atoms with Crippen molar-refractivity contribution in [3.8, 4) is 6.07 Å². The number of rotatable bonds is 7. The summed E-state index contributed by atoms with van der Waals surface area (Å²) in [6, 6.07) is 9.59. The summed E-state index contributed by atoms with van der Waals surface area (Å²) < 4.78 is 0. The SMILES string of the molecule is CCCc1ccc(C#N)c(SCCC(=O)Nc2ncccc2C)n1. The number of amides is 1. The molecule has 2 aromatic rings. The number of aromatic nitrogens is 2. The molecule has 0 fully saturated rings. The third-order valence-electron chi connectivity index (χ3n) is 3.38. The van der Waals surface area contributed by atoms with Gasteiger partial charge in [-0.15, -0.1) is 11.8 Å². The van der Waals surface area contributed by atoms with Crippen molar-refractivity contribution in [3.05, 3.63) is 47.3 Å². The number of hydrogen-bond acceptors (Lipinski definition) is 5. The number of pyridine rings is 2. The second-order valence-electron chi connectivity index (χ2n) is 5.33. The van der Waals surface area contributed by atoms with E-state index in [0.717, 1.165) is 24.1 Å². The first-order valence-corrected chi connectivity index (χ1v) is 8.87. The van der Waals surface area contributed by atoms with Crippen LogP contribution in [0.4, 0.5) is 5.82 Å². The fourth-order valence-electron chi connectivity index (χ4n) is 2.12. The molecular weight excluding hydrogens is 320 g/mol. The number of thioether (sulfide) groups is 1. The molecule has 0 saturated carbocycles. The van der Waals surface area contributed by atoms with Crippen LogP contribution >= 0.6 is 11.8 Å². The van der Waals surface area contributed by atoms with Crippen LogP contribution in [0.25, 0.3) is 0 Å². The van der Waals surface area contributed by atoms with Crippen molar-refractivity contribution in [2.24, 2.45) is 0 Å². The normalized spacial score (nSPS) is 10.2. The van der Waals surface area contributed by atoms with E-state index in [9.17, 15) is 10.1 Å². The number of nitriles is 1. The summed E-state index contributed by atoms with van der Waals surface area (Å²) in [5.74, 6) is 1.07. The molecule has 0 bridgehead atoms. The molecule has 2 heterocycles. The molecule has 24 heavy (non-hydrogen) atoms. The third kappa shape index (κ3) is 5.07. The first-order valence-electron chi connectivity index (χ1n) is 7.88. The van der Waals surface area contributed by atoms with Gasteiger partial charge in [0, 0.05) is 24.1 Å². The molecule has 124 valence electrons. The first kappa shape index (κ1) is 18.0. The highest BCUT2D eigenvalue weighted by Crippen LogP contribution is 2.22. The van der Waals surface area contributed by atoms with Gasteiger partial charge in [0.15, 0.2) is 0 Å². The monoisotopic (exact) mass is 340 g/mol. The maximum atomic E-state index is 12.0. The zero-order valence-corrected chi connectivity index (χ0v) is 14.7. The van der Waals surface area contributed by atoms with E-state index in [4.69, 9.17) is 0 Å². The van der Waals surface area contributed by atoms with Gasteiger partial charge in [0.1, 0.15) is 16.9 Å². The molecule has 6 heteroatoms. The van der Waals surface area contributed by atoms with Gasteiger partial charge in [0.2, 0.25) is 5.91 Å². The molecule has 0 aliphatic carbocycles. The van der Waals surface area contributed by atoms with Crippen LogP contribution in [0.3, 0.4) is 0 Å². The Bertz CT molecular complexity index is 755. The Labute approximate surface area is 146 Å². The fourth-order valence-corrected chi connectivity index (χ4v) is 3.05. The number of nitrogens with zero attached hydrogens (tertiary/aromatic N) is 3. The van der Waals surface area contributed by atoms with Gasteiger partial charge in [0.05, 0.1) is 5.56 Å². The molecule has 0 atom stereocenters. The van der Waals surface area contributed by atoms with Crippen LogP contribution in [0.15, 0.2) is 35.5 Å². The van der Waals surface area contributed by atoms with Crippen LogP contribution in [0.2, 0.25) is 0 Å². The standard InChI is InChI=1S/C18H20N4OS/c1-3-5-15-8-7-14(12-19)18(21-15)24-11-9-16(23)22-17-13(2)6-4-10-20-17/h4,6-8,10H,3,5,9,11H2,1-2H3,(H,20,22,23). The molecule has 2 aromatic heterocycles. The topological polar surface area (TPSA) is 78.7 Å². The summed E-state index contributed by atoms with van der Waals surface area (Å²) in [5.41, 5.74) is 2.47. The lowest BCUT2D eigenvalue weighted by atomic mass is 10.2. The van der Waals surface area contributed by atoms with Crippen LogP contribution in [0, 0.1) is 18.3 Å². The van der Waals surface area contributed by atoms with Crippen LogP contribution in [0.5, 0.6) is 0 Å². The smallest absolute Gasteiger partial charge is 0.226 e. The number of anilines is 1. The minimum absolute atomic E-state index is 0.0903. The Kier molecular flexibility index (Phi) is 6.76. The van der Waals surface area contributed by atoms with Gasteiger partial charge in [0.25, 0.3) is 0 Å². The van der Waals surface area contributed by atoms with E-state index >= 15 is 0 Å². The molecule has 0 saturated heterocycles. The Morgan fingerprint density at radius 2 is 2.21 bits per heavy atom. The summed E-state index contributed by atoms with van der Waals surface area (Å²) in [6.07, 6.45) is 3.89. The Morgan fingerprint density at radius 1 is 1.38 bits per heavy atom. The Morgan fingerprint density at radius 3 is 2.92 bits per heavy atom. The second-order valence-corrected chi connectivity index (χ2v) is 6.42. The molecule has 0 spiro atoms. The lowest BCUT2D eigenvalue weighted by molar-refractivity contribution is -0.115. The van der Waals surface area contributed by atoms with Gasteiger partial charge in [-0.05, 0) is 37.1 Å². The van der Waals surface area contributed by atoms with Crippen molar-refractivity contribution in [3.63, 3.8) is 0 Å². The highest BCUT2D eigenvalue weighted by molar-refractivity contribution is 7.99. The zero-order valence-electron chi connectivity index (χ0n) is 13.9. The van der Waals surface area contributed by atoms with Gasteiger partial charge in [-0.1, -0.05) is 19.4 Å². The van der Waals surface area contributed by atoms with Crippen LogP contribution < -0.4 is 5.32 Å². The van der Waals surface area contributed by atoms with Crippen molar-refractivity contribution in [2.75, 3.05) is 11.1 Å². The molecule has 2 rings (SSSR count). The van der Waals surface area contributed by atoms with Gasteiger partial charge < -0.3 is 5.32 Å². The Hall–Kier alpha value is -2.39. The number of carbonyl (C=O) groups is 1. The number of carbonyl (C=O) groups excluding carboxylic acids is 1. The molecule has 0 unspecified atom stereocenters.